The van der Waals surface area contributed by atoms with E-state index >= 15 is 0 Å². The zero-order valence-corrected chi connectivity index (χ0v) is 11.4. The highest BCUT2D eigenvalue weighted by Gasteiger charge is 2.51. The average Bonchev–Trinajstić information content (AvgIpc) is 2.36. The highest BCUT2D eigenvalue weighted by Crippen LogP contribution is 2.55. The Balaban J connectivity index is 1.57. The third-order valence-electron chi connectivity index (χ3n) is 5.42. The number of carbonyl (C=O) groups excluding carboxylic acids is 1. The van der Waals surface area contributed by atoms with Crippen molar-refractivity contribution in [2.24, 2.45) is 17.8 Å². The Kier molecular flexibility index (Phi) is 2.63. The van der Waals surface area contributed by atoms with E-state index in [1.165, 1.54) is 31.5 Å². The highest BCUT2D eigenvalue weighted by molar-refractivity contribution is 5.94. The first-order valence-electron chi connectivity index (χ1n) is 7.57. The predicted molar refractivity (Wildman–Crippen MR) is 72.6 cm³/mol. The standard InChI is InChI=1S/C16H19FN2O/c17-14-13(2-1-3-18-14)15(20)19-16-7-10-4-11(8-16)6-12(5-10)9-16/h1-3,10-12H,4-9H2,(H,19,20). The maximum absolute atomic E-state index is 13.6. The summed E-state index contributed by atoms with van der Waals surface area (Å²) < 4.78 is 13.6. The quantitative estimate of drug-likeness (QED) is 0.843. The Morgan fingerprint density at radius 1 is 1.20 bits per heavy atom. The van der Waals surface area contributed by atoms with Crippen LogP contribution in [0.5, 0.6) is 0 Å². The molecule has 0 aromatic carbocycles. The van der Waals surface area contributed by atoms with E-state index < -0.39 is 5.95 Å². The fourth-order valence-corrected chi connectivity index (χ4v) is 5.13. The third kappa shape index (κ3) is 1.93. The molecule has 4 bridgehead atoms. The van der Waals surface area contributed by atoms with Crippen molar-refractivity contribution in [1.29, 1.82) is 0 Å². The van der Waals surface area contributed by atoms with Gasteiger partial charge in [0.1, 0.15) is 0 Å². The van der Waals surface area contributed by atoms with Gasteiger partial charge in [-0.25, -0.2) is 4.98 Å². The fraction of sp³-hybridized carbons (Fsp3) is 0.625. The number of nitrogens with zero attached hydrogens (tertiary/aromatic N) is 1. The van der Waals surface area contributed by atoms with Crippen LogP contribution in [0.25, 0.3) is 0 Å². The van der Waals surface area contributed by atoms with E-state index in [2.05, 4.69) is 10.3 Å². The molecular formula is C16H19FN2O. The molecule has 4 saturated carbocycles. The SMILES string of the molecule is O=C(NC12CC3CC(CC(C3)C1)C2)c1cccnc1F. The first kappa shape index (κ1) is 12.3. The second-order valence-electron chi connectivity index (χ2n) is 6.99. The van der Waals surface area contributed by atoms with Crippen LogP contribution in [0.4, 0.5) is 4.39 Å². The summed E-state index contributed by atoms with van der Waals surface area (Å²) in [6.07, 6.45) is 8.59. The number of hydrogen-bond acceptors (Lipinski definition) is 2. The van der Waals surface area contributed by atoms with Crippen LogP contribution in [0, 0.1) is 23.7 Å². The Morgan fingerprint density at radius 2 is 1.80 bits per heavy atom. The summed E-state index contributed by atoms with van der Waals surface area (Å²) in [5.41, 5.74) is -0.00283. The van der Waals surface area contributed by atoms with E-state index in [0.29, 0.717) is 0 Å². The molecule has 4 aliphatic rings. The molecule has 1 aromatic rings. The van der Waals surface area contributed by atoms with Gasteiger partial charge in [0.15, 0.2) is 0 Å². The molecule has 1 amide bonds. The molecule has 4 aliphatic carbocycles. The van der Waals surface area contributed by atoms with Crippen LogP contribution in [0.15, 0.2) is 18.3 Å². The molecule has 4 heteroatoms. The average molecular weight is 274 g/mol. The van der Waals surface area contributed by atoms with E-state index in [-0.39, 0.29) is 17.0 Å². The van der Waals surface area contributed by atoms with Crippen molar-refractivity contribution in [2.45, 2.75) is 44.1 Å². The summed E-state index contributed by atoms with van der Waals surface area (Å²) in [6.45, 7) is 0. The van der Waals surface area contributed by atoms with Crippen molar-refractivity contribution >= 4 is 5.91 Å². The molecule has 0 unspecified atom stereocenters. The van der Waals surface area contributed by atoms with Crippen LogP contribution in [0.3, 0.4) is 0 Å². The molecule has 3 nitrogen and oxygen atoms in total. The number of pyridine rings is 1. The molecule has 1 N–H and O–H groups in total. The minimum Gasteiger partial charge on any atom is -0.346 e. The number of halogens is 1. The number of nitrogens with one attached hydrogen (secondary N) is 1. The number of carbonyl (C=O) groups is 1. The molecular weight excluding hydrogens is 255 g/mol. The molecule has 4 fully saturated rings. The van der Waals surface area contributed by atoms with Crippen LogP contribution >= 0.6 is 0 Å². The van der Waals surface area contributed by atoms with E-state index in [1.54, 1.807) is 6.07 Å². The van der Waals surface area contributed by atoms with Crippen molar-refractivity contribution in [3.05, 3.63) is 29.8 Å². The van der Waals surface area contributed by atoms with E-state index in [0.717, 1.165) is 37.0 Å². The molecule has 0 aliphatic heterocycles. The van der Waals surface area contributed by atoms with Crippen molar-refractivity contribution in [3.8, 4) is 0 Å². The van der Waals surface area contributed by atoms with Gasteiger partial charge in [-0.15, -0.1) is 0 Å². The van der Waals surface area contributed by atoms with Gasteiger partial charge in [-0.3, -0.25) is 4.79 Å². The first-order chi connectivity index (χ1) is 9.63. The molecule has 0 saturated heterocycles. The van der Waals surface area contributed by atoms with Crippen molar-refractivity contribution in [1.82, 2.24) is 10.3 Å². The molecule has 1 aromatic heterocycles. The van der Waals surface area contributed by atoms with Crippen LogP contribution in [-0.4, -0.2) is 16.4 Å². The van der Waals surface area contributed by atoms with Gasteiger partial charge in [0, 0.05) is 11.7 Å². The zero-order chi connectivity index (χ0) is 13.7. The van der Waals surface area contributed by atoms with Gasteiger partial charge in [-0.2, -0.15) is 4.39 Å². The lowest BCUT2D eigenvalue weighted by Crippen LogP contribution is -2.59. The van der Waals surface area contributed by atoms with Crippen LogP contribution in [0.2, 0.25) is 0 Å². The van der Waals surface area contributed by atoms with Crippen LogP contribution < -0.4 is 5.32 Å². The Bertz CT molecular complexity index is 522. The Labute approximate surface area is 118 Å². The highest BCUT2D eigenvalue weighted by atomic mass is 19.1. The minimum absolute atomic E-state index is 0.0724. The lowest BCUT2D eigenvalue weighted by atomic mass is 9.53. The van der Waals surface area contributed by atoms with Gasteiger partial charge < -0.3 is 5.32 Å². The largest absolute Gasteiger partial charge is 0.346 e. The molecule has 1 heterocycles. The lowest BCUT2D eigenvalue weighted by molar-refractivity contribution is -0.0167. The first-order valence-corrected chi connectivity index (χ1v) is 7.57. The summed E-state index contributed by atoms with van der Waals surface area (Å²) >= 11 is 0. The summed E-state index contributed by atoms with van der Waals surface area (Å²) in [5.74, 6) is 1.33. The van der Waals surface area contributed by atoms with E-state index in [9.17, 15) is 9.18 Å². The maximum atomic E-state index is 13.6. The topological polar surface area (TPSA) is 42.0 Å². The zero-order valence-electron chi connectivity index (χ0n) is 11.4. The van der Waals surface area contributed by atoms with Crippen LogP contribution in [-0.2, 0) is 0 Å². The summed E-state index contributed by atoms with van der Waals surface area (Å²) in [4.78, 5) is 15.9. The van der Waals surface area contributed by atoms with E-state index in [4.69, 9.17) is 0 Å². The second kappa shape index (κ2) is 4.27. The summed E-state index contributed by atoms with van der Waals surface area (Å²) in [5, 5.41) is 3.16. The Hall–Kier alpha value is -1.45. The van der Waals surface area contributed by atoms with Crippen molar-refractivity contribution < 1.29 is 9.18 Å². The van der Waals surface area contributed by atoms with Crippen molar-refractivity contribution in [2.75, 3.05) is 0 Å². The molecule has 0 radical (unpaired) electrons. The molecule has 5 rings (SSSR count). The monoisotopic (exact) mass is 274 g/mol. The predicted octanol–water partition coefficient (Wildman–Crippen LogP) is 2.92. The number of aromatic nitrogens is 1. The number of rotatable bonds is 2. The molecule has 20 heavy (non-hydrogen) atoms. The summed E-state index contributed by atoms with van der Waals surface area (Å²) in [7, 11) is 0. The van der Waals surface area contributed by atoms with Gasteiger partial charge in [-0.1, -0.05) is 0 Å². The number of hydrogen-bond donors (Lipinski definition) is 1. The van der Waals surface area contributed by atoms with Gasteiger partial charge >= 0.3 is 0 Å². The molecule has 0 atom stereocenters. The van der Waals surface area contributed by atoms with Gasteiger partial charge in [-0.05, 0) is 68.4 Å². The Morgan fingerprint density at radius 3 is 2.35 bits per heavy atom. The molecule has 0 spiro atoms. The van der Waals surface area contributed by atoms with Gasteiger partial charge in [0.25, 0.3) is 5.91 Å². The minimum atomic E-state index is -0.672. The number of amides is 1. The van der Waals surface area contributed by atoms with Gasteiger partial charge in [0.2, 0.25) is 5.95 Å². The normalized spacial score (nSPS) is 38.0. The molecule has 106 valence electrons. The van der Waals surface area contributed by atoms with Gasteiger partial charge in [0.05, 0.1) is 5.56 Å². The smallest absolute Gasteiger partial charge is 0.256 e. The third-order valence-corrected chi connectivity index (χ3v) is 5.42. The van der Waals surface area contributed by atoms with E-state index in [1.807, 2.05) is 0 Å². The maximum Gasteiger partial charge on any atom is 0.256 e. The summed E-state index contributed by atoms with van der Waals surface area (Å²) in [6, 6.07) is 3.12. The van der Waals surface area contributed by atoms with Crippen LogP contribution in [0.1, 0.15) is 48.9 Å². The fourth-order valence-electron chi connectivity index (χ4n) is 5.13. The second-order valence-corrected chi connectivity index (χ2v) is 6.99. The lowest BCUT2D eigenvalue weighted by Gasteiger charge is -2.56. The van der Waals surface area contributed by atoms with Crippen molar-refractivity contribution in [3.63, 3.8) is 0 Å².